The number of hydrogen-bond acceptors (Lipinski definition) is 5. The number of ether oxygens (including phenoxy) is 1. The Kier molecular flexibility index (Phi) is 7.43. The van der Waals surface area contributed by atoms with Crippen molar-refractivity contribution in [3.8, 4) is 0 Å². The molecule has 5 nitrogen and oxygen atoms in total. The number of hydrogen-bond donors (Lipinski definition) is 0. The van der Waals surface area contributed by atoms with Crippen molar-refractivity contribution in [2.24, 2.45) is 5.92 Å². The van der Waals surface area contributed by atoms with E-state index >= 15 is 0 Å². The maximum atomic E-state index is 13.2. The summed E-state index contributed by atoms with van der Waals surface area (Å²) in [7, 11) is -4.71. The SMILES string of the molecule is CCCCC(CC)COC(=O)C(F)(F)S(=O)(=O)OC. The lowest BCUT2D eigenvalue weighted by molar-refractivity contribution is -0.163. The van der Waals surface area contributed by atoms with Crippen LogP contribution in [0.2, 0.25) is 0 Å². The fraction of sp³-hybridized carbons (Fsp3) is 0.909. The van der Waals surface area contributed by atoms with Crippen molar-refractivity contribution in [2.75, 3.05) is 13.7 Å². The van der Waals surface area contributed by atoms with Crippen LogP contribution >= 0.6 is 0 Å². The van der Waals surface area contributed by atoms with E-state index in [0.717, 1.165) is 19.3 Å². The number of unbranched alkanes of at least 4 members (excludes halogenated alkanes) is 1. The first-order valence-electron chi connectivity index (χ1n) is 6.08. The van der Waals surface area contributed by atoms with Gasteiger partial charge in [0.05, 0.1) is 13.7 Å². The maximum Gasteiger partial charge on any atom is 0.466 e. The van der Waals surface area contributed by atoms with Crippen LogP contribution < -0.4 is 0 Å². The Hall–Kier alpha value is -0.760. The molecule has 0 radical (unpaired) electrons. The van der Waals surface area contributed by atoms with E-state index in [-0.39, 0.29) is 12.5 Å². The molecule has 1 atom stereocenters. The first kappa shape index (κ1) is 18.2. The van der Waals surface area contributed by atoms with E-state index in [0.29, 0.717) is 13.5 Å². The van der Waals surface area contributed by atoms with Crippen LogP contribution in [0.25, 0.3) is 0 Å². The lowest BCUT2D eigenvalue weighted by atomic mass is 10.0. The molecule has 0 saturated carbocycles. The smallest absolute Gasteiger partial charge is 0.460 e. The van der Waals surface area contributed by atoms with E-state index in [4.69, 9.17) is 0 Å². The van der Waals surface area contributed by atoms with Crippen LogP contribution in [0.15, 0.2) is 0 Å². The first-order chi connectivity index (χ1) is 8.72. The number of alkyl halides is 2. The summed E-state index contributed by atoms with van der Waals surface area (Å²) in [6, 6.07) is 0. The van der Waals surface area contributed by atoms with E-state index in [2.05, 4.69) is 8.92 Å². The average molecular weight is 302 g/mol. The molecule has 114 valence electrons. The van der Waals surface area contributed by atoms with Crippen molar-refractivity contribution >= 4 is 16.1 Å². The fourth-order valence-electron chi connectivity index (χ4n) is 1.38. The number of halogens is 2. The summed E-state index contributed by atoms with van der Waals surface area (Å²) < 4.78 is 56.2. The Morgan fingerprint density at radius 1 is 1.32 bits per heavy atom. The summed E-state index contributed by atoms with van der Waals surface area (Å²) in [4.78, 5) is 11.1. The molecule has 8 heteroatoms. The van der Waals surface area contributed by atoms with Crippen LogP contribution in [0.5, 0.6) is 0 Å². The quantitative estimate of drug-likeness (QED) is 0.483. The molecule has 0 aromatic rings. The van der Waals surface area contributed by atoms with Gasteiger partial charge in [-0.05, 0) is 12.3 Å². The Bertz CT molecular complexity index is 381. The summed E-state index contributed by atoms with van der Waals surface area (Å²) in [6.07, 6.45) is 3.24. The molecule has 0 bridgehead atoms. The highest BCUT2D eigenvalue weighted by Gasteiger charge is 2.55. The van der Waals surface area contributed by atoms with Gasteiger partial charge in [0.15, 0.2) is 0 Å². The summed E-state index contributed by atoms with van der Waals surface area (Å²) in [5, 5.41) is -4.68. The molecule has 0 aliphatic heterocycles. The Morgan fingerprint density at radius 2 is 1.89 bits per heavy atom. The fourth-order valence-corrected chi connectivity index (χ4v) is 1.85. The molecular weight excluding hydrogens is 282 g/mol. The average Bonchev–Trinajstić information content (AvgIpc) is 2.38. The normalized spacial score (nSPS) is 14.2. The molecule has 0 rings (SSSR count). The van der Waals surface area contributed by atoms with Crippen LogP contribution in [0.4, 0.5) is 8.78 Å². The molecule has 0 spiro atoms. The molecule has 0 saturated heterocycles. The molecule has 0 N–H and O–H groups in total. The predicted octanol–water partition coefficient (Wildman–Crippen LogP) is 2.32. The van der Waals surface area contributed by atoms with Crippen molar-refractivity contribution in [1.82, 2.24) is 0 Å². The molecule has 0 fully saturated rings. The van der Waals surface area contributed by atoms with Crippen LogP contribution in [0, 0.1) is 5.92 Å². The molecule has 0 amide bonds. The zero-order valence-electron chi connectivity index (χ0n) is 11.3. The Morgan fingerprint density at radius 3 is 2.32 bits per heavy atom. The molecule has 0 aliphatic carbocycles. The summed E-state index contributed by atoms with van der Waals surface area (Å²) in [6.45, 7) is 3.61. The van der Waals surface area contributed by atoms with Crippen molar-refractivity contribution in [1.29, 1.82) is 0 Å². The number of carbonyl (C=O) groups is 1. The van der Waals surface area contributed by atoms with Gasteiger partial charge in [0.2, 0.25) is 0 Å². The van der Waals surface area contributed by atoms with Gasteiger partial charge >= 0.3 is 21.3 Å². The molecular formula is C11H20F2O5S. The van der Waals surface area contributed by atoms with Gasteiger partial charge in [-0.1, -0.05) is 33.1 Å². The largest absolute Gasteiger partial charge is 0.466 e. The zero-order chi connectivity index (χ0) is 15.1. The summed E-state index contributed by atoms with van der Waals surface area (Å²) in [5.74, 6) is -2.14. The first-order valence-corrected chi connectivity index (χ1v) is 7.48. The van der Waals surface area contributed by atoms with Gasteiger partial charge in [0.1, 0.15) is 0 Å². The molecule has 1 unspecified atom stereocenters. The van der Waals surface area contributed by atoms with Gasteiger partial charge in [0.25, 0.3) is 0 Å². The highest BCUT2D eigenvalue weighted by molar-refractivity contribution is 7.88. The van der Waals surface area contributed by atoms with Gasteiger partial charge in [0, 0.05) is 0 Å². The van der Waals surface area contributed by atoms with E-state index in [1.165, 1.54) is 0 Å². The van der Waals surface area contributed by atoms with Crippen LogP contribution in [-0.2, 0) is 23.8 Å². The summed E-state index contributed by atoms with van der Waals surface area (Å²) in [5.41, 5.74) is 0. The third-order valence-electron chi connectivity index (χ3n) is 2.76. The molecule has 0 heterocycles. The Balaban J connectivity index is 4.53. The molecule has 19 heavy (non-hydrogen) atoms. The molecule has 0 aromatic carbocycles. The standard InChI is InChI=1S/C11H20F2O5S/c1-4-6-7-9(5-2)8-18-10(14)11(12,13)19(15,16)17-3/h9H,4-8H2,1-3H3. The second kappa shape index (κ2) is 7.74. The van der Waals surface area contributed by atoms with E-state index in [1.807, 2.05) is 13.8 Å². The predicted molar refractivity (Wildman–Crippen MR) is 65.1 cm³/mol. The lowest BCUT2D eigenvalue weighted by Crippen LogP contribution is -2.40. The van der Waals surface area contributed by atoms with Gasteiger partial charge in [-0.2, -0.15) is 17.2 Å². The third-order valence-corrected chi connectivity index (χ3v) is 4.00. The van der Waals surface area contributed by atoms with Crippen molar-refractivity contribution < 1.29 is 30.9 Å². The van der Waals surface area contributed by atoms with Gasteiger partial charge in [-0.3, -0.25) is 4.18 Å². The molecule has 0 aliphatic rings. The number of rotatable bonds is 9. The highest BCUT2D eigenvalue weighted by Crippen LogP contribution is 2.25. The zero-order valence-corrected chi connectivity index (χ0v) is 12.1. The van der Waals surface area contributed by atoms with E-state index in [1.54, 1.807) is 0 Å². The second-order valence-electron chi connectivity index (χ2n) is 4.15. The Labute approximate surface area is 112 Å². The topological polar surface area (TPSA) is 69.7 Å². The second-order valence-corrected chi connectivity index (χ2v) is 5.91. The van der Waals surface area contributed by atoms with E-state index in [9.17, 15) is 22.0 Å². The summed E-state index contributed by atoms with van der Waals surface area (Å²) >= 11 is 0. The maximum absolute atomic E-state index is 13.2. The van der Waals surface area contributed by atoms with E-state index < -0.39 is 21.3 Å². The number of carbonyl (C=O) groups excluding carboxylic acids is 1. The monoisotopic (exact) mass is 302 g/mol. The number of esters is 1. The van der Waals surface area contributed by atoms with Crippen LogP contribution in [0.3, 0.4) is 0 Å². The van der Waals surface area contributed by atoms with Crippen LogP contribution in [-0.4, -0.2) is 33.4 Å². The molecule has 0 aromatic heterocycles. The minimum absolute atomic E-state index is 0.0510. The third kappa shape index (κ3) is 5.02. The van der Waals surface area contributed by atoms with Gasteiger partial charge in [-0.25, -0.2) is 4.79 Å². The van der Waals surface area contributed by atoms with Crippen molar-refractivity contribution in [2.45, 2.75) is 44.8 Å². The minimum atomic E-state index is -5.28. The van der Waals surface area contributed by atoms with Crippen LogP contribution in [0.1, 0.15) is 39.5 Å². The van der Waals surface area contributed by atoms with Gasteiger partial charge < -0.3 is 4.74 Å². The van der Waals surface area contributed by atoms with Crippen molar-refractivity contribution in [3.05, 3.63) is 0 Å². The lowest BCUT2D eigenvalue weighted by Gasteiger charge is -2.18. The highest BCUT2D eigenvalue weighted by atomic mass is 32.2. The van der Waals surface area contributed by atoms with Crippen molar-refractivity contribution in [3.63, 3.8) is 0 Å². The minimum Gasteiger partial charge on any atom is -0.460 e. The van der Waals surface area contributed by atoms with Gasteiger partial charge in [-0.15, -0.1) is 0 Å².